The molecular formula is C12H13N5O2S. The number of aryl methyl sites for hydroxylation is 2. The normalized spacial score (nSPS) is 10.3. The molecule has 7 nitrogen and oxygen atoms in total. The average Bonchev–Trinajstić information content (AvgIpc) is 2.71. The molecule has 8 heteroatoms. The number of thiocarbonyl (C=S) groups is 1. The summed E-state index contributed by atoms with van der Waals surface area (Å²) in [6, 6.07) is 1.35. The van der Waals surface area contributed by atoms with Crippen LogP contribution >= 0.6 is 12.2 Å². The summed E-state index contributed by atoms with van der Waals surface area (Å²) in [6.07, 6.45) is 2.82. The largest absolute Gasteiger partial charge is 0.389 e. The molecule has 0 saturated heterocycles. The van der Waals surface area contributed by atoms with E-state index in [2.05, 4.69) is 15.4 Å². The summed E-state index contributed by atoms with van der Waals surface area (Å²) in [7, 11) is 1.64. The van der Waals surface area contributed by atoms with Crippen LogP contribution in [0, 0.1) is 6.92 Å². The Bertz CT molecular complexity index is 747. The second-order valence-corrected chi connectivity index (χ2v) is 4.68. The first-order valence-corrected chi connectivity index (χ1v) is 6.13. The fourth-order valence-corrected chi connectivity index (χ4v) is 1.84. The molecule has 2 rings (SSSR count). The highest BCUT2D eigenvalue weighted by atomic mass is 32.1. The molecule has 0 fully saturated rings. The van der Waals surface area contributed by atoms with Crippen molar-refractivity contribution in [3.8, 4) is 0 Å². The number of nitrogens with two attached hydrogens (primary N) is 1. The van der Waals surface area contributed by atoms with Crippen LogP contribution in [0.2, 0.25) is 0 Å². The first kappa shape index (κ1) is 13.9. The van der Waals surface area contributed by atoms with Crippen molar-refractivity contribution in [3.05, 3.63) is 45.5 Å². The number of amides is 1. The number of nitrogens with one attached hydrogen (secondary N) is 2. The van der Waals surface area contributed by atoms with Crippen LogP contribution in [0.4, 0.5) is 5.82 Å². The summed E-state index contributed by atoms with van der Waals surface area (Å²) in [6.45, 7) is 1.73. The number of anilines is 1. The van der Waals surface area contributed by atoms with Crippen molar-refractivity contribution in [3.63, 3.8) is 0 Å². The van der Waals surface area contributed by atoms with Gasteiger partial charge in [0.2, 0.25) is 0 Å². The van der Waals surface area contributed by atoms with E-state index >= 15 is 0 Å². The van der Waals surface area contributed by atoms with Crippen LogP contribution in [0.3, 0.4) is 0 Å². The van der Waals surface area contributed by atoms with E-state index < -0.39 is 5.91 Å². The van der Waals surface area contributed by atoms with E-state index in [9.17, 15) is 9.59 Å². The second-order valence-electron chi connectivity index (χ2n) is 4.24. The molecule has 2 aromatic rings. The fraction of sp³-hybridized carbons (Fsp3) is 0.167. The van der Waals surface area contributed by atoms with E-state index in [0.717, 1.165) is 0 Å². The molecule has 0 aliphatic carbocycles. The molecule has 0 saturated carbocycles. The molecule has 0 radical (unpaired) electrons. The smallest absolute Gasteiger partial charge is 0.262 e. The summed E-state index contributed by atoms with van der Waals surface area (Å²) in [4.78, 5) is 26.8. The zero-order valence-electron chi connectivity index (χ0n) is 10.9. The van der Waals surface area contributed by atoms with Gasteiger partial charge in [0.25, 0.3) is 5.91 Å². The topological polar surface area (TPSA) is 106 Å². The summed E-state index contributed by atoms with van der Waals surface area (Å²) in [5.74, 6) is -0.199. The summed E-state index contributed by atoms with van der Waals surface area (Å²) in [5, 5.41) is 6.56. The van der Waals surface area contributed by atoms with Gasteiger partial charge in [0.1, 0.15) is 16.4 Å². The molecule has 2 aromatic heterocycles. The Hall–Kier alpha value is -2.48. The number of hydrogen-bond donors (Lipinski definition) is 3. The van der Waals surface area contributed by atoms with E-state index in [1.54, 1.807) is 14.0 Å². The van der Waals surface area contributed by atoms with Gasteiger partial charge in [-0.25, -0.2) is 0 Å². The fourth-order valence-electron chi connectivity index (χ4n) is 1.69. The highest BCUT2D eigenvalue weighted by molar-refractivity contribution is 7.80. The lowest BCUT2D eigenvalue weighted by molar-refractivity contribution is 0.102. The molecule has 0 aliphatic rings. The van der Waals surface area contributed by atoms with Gasteiger partial charge < -0.3 is 16.0 Å². The van der Waals surface area contributed by atoms with Gasteiger partial charge in [-0.05, 0) is 6.92 Å². The molecule has 0 aliphatic heterocycles. The Kier molecular flexibility index (Phi) is 3.66. The van der Waals surface area contributed by atoms with E-state index in [0.29, 0.717) is 17.1 Å². The van der Waals surface area contributed by atoms with Crippen molar-refractivity contribution >= 4 is 28.9 Å². The van der Waals surface area contributed by atoms with Crippen LogP contribution in [0.25, 0.3) is 0 Å². The molecule has 4 N–H and O–H groups in total. The van der Waals surface area contributed by atoms with Gasteiger partial charge >= 0.3 is 0 Å². The number of aromatic amines is 1. The van der Waals surface area contributed by atoms with Gasteiger partial charge in [0, 0.05) is 25.0 Å². The van der Waals surface area contributed by atoms with Crippen molar-refractivity contribution in [2.75, 3.05) is 5.32 Å². The van der Waals surface area contributed by atoms with E-state index in [4.69, 9.17) is 18.0 Å². The number of hydrogen-bond acceptors (Lipinski definition) is 4. The third kappa shape index (κ3) is 2.59. The number of H-pyrrole nitrogens is 1. The quantitative estimate of drug-likeness (QED) is 0.705. The summed E-state index contributed by atoms with van der Waals surface area (Å²) in [5.41, 5.74) is 6.31. The highest BCUT2D eigenvalue weighted by Gasteiger charge is 2.16. The predicted octanol–water partition coefficient (Wildman–Crippen LogP) is 0.303. The van der Waals surface area contributed by atoms with Crippen LogP contribution < -0.4 is 16.5 Å². The third-order valence-corrected chi connectivity index (χ3v) is 2.96. The Morgan fingerprint density at radius 1 is 1.50 bits per heavy atom. The van der Waals surface area contributed by atoms with Crippen molar-refractivity contribution in [1.82, 2.24) is 14.8 Å². The van der Waals surface area contributed by atoms with Crippen LogP contribution in [-0.4, -0.2) is 25.7 Å². The minimum absolute atomic E-state index is 0.00527. The highest BCUT2D eigenvalue weighted by Crippen LogP contribution is 2.14. The number of rotatable bonds is 3. The maximum absolute atomic E-state index is 12.1. The molecule has 0 unspecified atom stereocenters. The van der Waals surface area contributed by atoms with Gasteiger partial charge in [-0.1, -0.05) is 12.2 Å². The van der Waals surface area contributed by atoms with Crippen molar-refractivity contribution in [1.29, 1.82) is 0 Å². The van der Waals surface area contributed by atoms with Crippen LogP contribution in [0.1, 0.15) is 21.6 Å². The summed E-state index contributed by atoms with van der Waals surface area (Å²) >= 11 is 4.88. The minimum atomic E-state index is -0.549. The van der Waals surface area contributed by atoms with E-state index in [1.165, 1.54) is 23.1 Å². The first-order valence-electron chi connectivity index (χ1n) is 5.72. The van der Waals surface area contributed by atoms with E-state index in [-0.39, 0.29) is 16.0 Å². The van der Waals surface area contributed by atoms with Crippen molar-refractivity contribution in [2.45, 2.75) is 6.92 Å². The number of carbonyl (C=O) groups is 1. The number of carbonyl (C=O) groups excluding carboxylic acids is 1. The molecule has 0 bridgehead atoms. The molecule has 0 spiro atoms. The maximum atomic E-state index is 12.1. The van der Waals surface area contributed by atoms with Gasteiger partial charge in [0.15, 0.2) is 5.43 Å². The lowest BCUT2D eigenvalue weighted by atomic mass is 10.2. The average molecular weight is 291 g/mol. The Morgan fingerprint density at radius 3 is 2.80 bits per heavy atom. The van der Waals surface area contributed by atoms with Gasteiger partial charge in [0.05, 0.1) is 11.8 Å². The minimum Gasteiger partial charge on any atom is -0.389 e. The monoisotopic (exact) mass is 291 g/mol. The maximum Gasteiger partial charge on any atom is 0.262 e. The lowest BCUT2D eigenvalue weighted by Crippen LogP contribution is -2.24. The Labute approximate surface area is 119 Å². The first-order chi connectivity index (χ1) is 9.40. The van der Waals surface area contributed by atoms with Crippen LogP contribution in [0.15, 0.2) is 23.3 Å². The Morgan fingerprint density at radius 2 is 2.20 bits per heavy atom. The summed E-state index contributed by atoms with van der Waals surface area (Å²) < 4.78 is 1.43. The molecule has 1 amide bonds. The molecule has 2 heterocycles. The van der Waals surface area contributed by atoms with Crippen LogP contribution in [-0.2, 0) is 7.05 Å². The zero-order chi connectivity index (χ0) is 14.9. The van der Waals surface area contributed by atoms with Crippen LogP contribution in [0.5, 0.6) is 0 Å². The zero-order valence-corrected chi connectivity index (χ0v) is 11.7. The molecule has 104 valence electrons. The van der Waals surface area contributed by atoms with Crippen molar-refractivity contribution < 1.29 is 4.79 Å². The number of pyridine rings is 1. The lowest BCUT2D eigenvalue weighted by Gasteiger charge is -2.07. The number of aromatic nitrogens is 3. The predicted molar refractivity (Wildman–Crippen MR) is 78.8 cm³/mol. The molecule has 0 aromatic carbocycles. The molecule has 0 atom stereocenters. The third-order valence-electron chi connectivity index (χ3n) is 2.74. The van der Waals surface area contributed by atoms with Gasteiger partial charge in [-0.15, -0.1) is 0 Å². The Balaban J connectivity index is 2.35. The van der Waals surface area contributed by atoms with Gasteiger partial charge in [-0.3, -0.25) is 14.3 Å². The SMILES string of the molecule is Cc1cc(=O)c(C(=O)Nc2c(C(N)=S)cnn2C)c[nH]1. The van der Waals surface area contributed by atoms with Gasteiger partial charge in [-0.2, -0.15) is 5.10 Å². The van der Waals surface area contributed by atoms with Crippen molar-refractivity contribution in [2.24, 2.45) is 12.8 Å². The molecule has 20 heavy (non-hydrogen) atoms. The second kappa shape index (κ2) is 5.25. The standard InChI is InChI=1S/C12H13N5O2S/c1-6-3-9(18)7(4-14-6)12(19)16-11-8(10(13)20)5-15-17(11)2/h3-5H,1-2H3,(H2,13,20)(H,14,18)(H,16,19). The number of nitrogens with zero attached hydrogens (tertiary/aromatic N) is 2. The molecular weight excluding hydrogens is 278 g/mol. The van der Waals surface area contributed by atoms with E-state index in [1.807, 2.05) is 0 Å².